The minimum absolute atomic E-state index is 0.00472. The number of hydrogen-bond acceptors (Lipinski definition) is 3. The standard InChI is InChI=1S/C21H24ClNO3/c1-2-26-19-11-7-16(8-12-19)20(15-5-9-18(22)10-6-15)23-13-3-4-17(14-23)21(24)25/h5-12,17,20H,2-4,13-14H2,1H3,(H,24,25). The third-order valence-electron chi connectivity index (χ3n) is 4.86. The number of piperidine rings is 1. The summed E-state index contributed by atoms with van der Waals surface area (Å²) in [6.45, 7) is 4.02. The molecule has 5 heteroatoms. The Morgan fingerprint density at radius 2 is 1.81 bits per heavy atom. The van der Waals surface area contributed by atoms with Gasteiger partial charge in [0, 0.05) is 11.6 Å². The molecule has 1 saturated heterocycles. The Kier molecular flexibility index (Phi) is 6.17. The van der Waals surface area contributed by atoms with Gasteiger partial charge in [0.05, 0.1) is 18.6 Å². The lowest BCUT2D eigenvalue weighted by Gasteiger charge is -2.37. The lowest BCUT2D eigenvalue weighted by atomic mass is 9.91. The summed E-state index contributed by atoms with van der Waals surface area (Å²) in [7, 11) is 0. The number of benzene rings is 2. The third-order valence-corrected chi connectivity index (χ3v) is 5.11. The summed E-state index contributed by atoms with van der Waals surface area (Å²) in [5, 5.41) is 10.1. The van der Waals surface area contributed by atoms with Crippen LogP contribution in [-0.2, 0) is 4.79 Å². The lowest BCUT2D eigenvalue weighted by Crippen LogP contribution is -2.41. The molecule has 2 unspecified atom stereocenters. The zero-order valence-corrected chi connectivity index (χ0v) is 15.7. The van der Waals surface area contributed by atoms with Crippen LogP contribution in [0.3, 0.4) is 0 Å². The minimum atomic E-state index is -0.712. The Hall–Kier alpha value is -2.04. The SMILES string of the molecule is CCOc1ccc(C(c2ccc(Cl)cc2)N2CCCC(C(=O)O)C2)cc1. The summed E-state index contributed by atoms with van der Waals surface area (Å²) in [6, 6.07) is 15.9. The molecule has 3 rings (SSSR count). The molecule has 0 aliphatic carbocycles. The molecule has 1 aliphatic rings. The third kappa shape index (κ3) is 4.37. The van der Waals surface area contributed by atoms with Gasteiger partial charge >= 0.3 is 5.97 Å². The van der Waals surface area contributed by atoms with E-state index in [9.17, 15) is 9.90 Å². The topological polar surface area (TPSA) is 49.8 Å². The maximum Gasteiger partial charge on any atom is 0.307 e. The maximum absolute atomic E-state index is 11.5. The highest BCUT2D eigenvalue weighted by Gasteiger charge is 2.31. The molecule has 138 valence electrons. The first kappa shape index (κ1) is 18.7. The van der Waals surface area contributed by atoms with Gasteiger partial charge in [0.15, 0.2) is 0 Å². The zero-order chi connectivity index (χ0) is 18.5. The van der Waals surface area contributed by atoms with Gasteiger partial charge in [-0.05, 0) is 61.7 Å². The predicted octanol–water partition coefficient (Wildman–Crippen LogP) is 4.62. The van der Waals surface area contributed by atoms with Crippen molar-refractivity contribution in [1.29, 1.82) is 0 Å². The first-order chi connectivity index (χ1) is 12.6. The number of ether oxygens (including phenoxy) is 1. The second-order valence-corrected chi connectivity index (χ2v) is 7.06. The van der Waals surface area contributed by atoms with E-state index in [1.807, 2.05) is 43.3 Å². The number of rotatable bonds is 6. The molecule has 0 saturated carbocycles. The van der Waals surface area contributed by atoms with Gasteiger partial charge in [-0.25, -0.2) is 0 Å². The van der Waals surface area contributed by atoms with Gasteiger partial charge in [-0.15, -0.1) is 0 Å². The summed E-state index contributed by atoms with van der Waals surface area (Å²) in [5.74, 6) is -0.189. The Labute approximate surface area is 159 Å². The number of carbonyl (C=O) groups is 1. The highest BCUT2D eigenvalue weighted by atomic mass is 35.5. The molecule has 4 nitrogen and oxygen atoms in total. The van der Waals surface area contributed by atoms with Crippen molar-refractivity contribution in [2.45, 2.75) is 25.8 Å². The van der Waals surface area contributed by atoms with Crippen molar-refractivity contribution in [1.82, 2.24) is 4.90 Å². The highest BCUT2D eigenvalue weighted by Crippen LogP contribution is 2.34. The largest absolute Gasteiger partial charge is 0.494 e. The van der Waals surface area contributed by atoms with Crippen molar-refractivity contribution in [2.24, 2.45) is 5.92 Å². The number of nitrogens with zero attached hydrogens (tertiary/aromatic N) is 1. The second kappa shape index (κ2) is 8.56. The van der Waals surface area contributed by atoms with Crippen LogP contribution in [0.4, 0.5) is 0 Å². The van der Waals surface area contributed by atoms with E-state index in [1.54, 1.807) is 0 Å². The molecular formula is C21H24ClNO3. The van der Waals surface area contributed by atoms with E-state index in [4.69, 9.17) is 16.3 Å². The fourth-order valence-corrected chi connectivity index (χ4v) is 3.74. The van der Waals surface area contributed by atoms with Gasteiger partial charge in [-0.3, -0.25) is 9.69 Å². The molecule has 0 amide bonds. The quantitative estimate of drug-likeness (QED) is 0.802. The van der Waals surface area contributed by atoms with Crippen LogP contribution in [0.1, 0.15) is 36.9 Å². The second-order valence-electron chi connectivity index (χ2n) is 6.63. The van der Waals surface area contributed by atoms with Crippen LogP contribution < -0.4 is 4.74 Å². The monoisotopic (exact) mass is 373 g/mol. The molecule has 2 aromatic carbocycles. The molecule has 0 aromatic heterocycles. The molecule has 0 spiro atoms. The number of carboxylic acid groups (broad SMARTS) is 1. The van der Waals surface area contributed by atoms with Crippen LogP contribution in [0.5, 0.6) is 5.75 Å². The Bertz CT molecular complexity index is 730. The molecule has 1 aliphatic heterocycles. The smallest absolute Gasteiger partial charge is 0.307 e. The summed E-state index contributed by atoms with van der Waals surface area (Å²) in [6.07, 6.45) is 1.63. The predicted molar refractivity (Wildman–Crippen MR) is 103 cm³/mol. The Morgan fingerprint density at radius 3 is 2.38 bits per heavy atom. The van der Waals surface area contributed by atoms with E-state index in [2.05, 4.69) is 17.0 Å². The first-order valence-corrected chi connectivity index (χ1v) is 9.41. The molecule has 2 atom stereocenters. The average Bonchev–Trinajstić information content (AvgIpc) is 2.65. The summed E-state index contributed by atoms with van der Waals surface area (Å²) >= 11 is 6.06. The van der Waals surface area contributed by atoms with Gasteiger partial charge in [0.1, 0.15) is 5.75 Å². The van der Waals surface area contributed by atoms with E-state index in [0.29, 0.717) is 18.2 Å². The van der Waals surface area contributed by atoms with E-state index < -0.39 is 5.97 Å². The zero-order valence-electron chi connectivity index (χ0n) is 14.9. The number of hydrogen-bond donors (Lipinski definition) is 1. The average molecular weight is 374 g/mol. The van der Waals surface area contributed by atoms with E-state index >= 15 is 0 Å². The van der Waals surface area contributed by atoms with Crippen LogP contribution in [0.25, 0.3) is 0 Å². The molecular weight excluding hydrogens is 350 g/mol. The lowest BCUT2D eigenvalue weighted by molar-refractivity contribution is -0.143. The molecule has 1 fully saturated rings. The molecule has 0 bridgehead atoms. The van der Waals surface area contributed by atoms with E-state index in [1.165, 1.54) is 0 Å². The van der Waals surface area contributed by atoms with Crippen molar-refractivity contribution >= 4 is 17.6 Å². The van der Waals surface area contributed by atoms with E-state index in [-0.39, 0.29) is 12.0 Å². The summed E-state index contributed by atoms with van der Waals surface area (Å²) in [4.78, 5) is 13.8. The first-order valence-electron chi connectivity index (χ1n) is 9.03. The van der Waals surface area contributed by atoms with Gasteiger partial charge in [-0.1, -0.05) is 35.9 Å². The van der Waals surface area contributed by atoms with Crippen LogP contribution in [0.2, 0.25) is 5.02 Å². The van der Waals surface area contributed by atoms with Crippen molar-refractivity contribution < 1.29 is 14.6 Å². The molecule has 1 N–H and O–H groups in total. The fraction of sp³-hybridized carbons (Fsp3) is 0.381. The normalized spacial score (nSPS) is 19.1. The van der Waals surface area contributed by atoms with Crippen molar-refractivity contribution in [2.75, 3.05) is 19.7 Å². The maximum atomic E-state index is 11.5. The van der Waals surface area contributed by atoms with Gasteiger partial charge in [-0.2, -0.15) is 0 Å². The van der Waals surface area contributed by atoms with Crippen LogP contribution in [0, 0.1) is 5.92 Å². The fourth-order valence-electron chi connectivity index (χ4n) is 3.61. The van der Waals surface area contributed by atoms with Gasteiger partial charge in [0.25, 0.3) is 0 Å². The number of likely N-dealkylation sites (tertiary alicyclic amines) is 1. The number of aliphatic carboxylic acids is 1. The molecule has 26 heavy (non-hydrogen) atoms. The van der Waals surface area contributed by atoms with Crippen LogP contribution in [-0.4, -0.2) is 35.7 Å². The Morgan fingerprint density at radius 1 is 1.19 bits per heavy atom. The number of halogens is 1. The molecule has 1 heterocycles. The van der Waals surface area contributed by atoms with Crippen LogP contribution >= 0.6 is 11.6 Å². The molecule has 2 aromatic rings. The van der Waals surface area contributed by atoms with Gasteiger partial charge < -0.3 is 9.84 Å². The summed E-state index contributed by atoms with van der Waals surface area (Å²) < 4.78 is 5.55. The molecule has 0 radical (unpaired) electrons. The highest BCUT2D eigenvalue weighted by molar-refractivity contribution is 6.30. The number of carboxylic acids is 1. The minimum Gasteiger partial charge on any atom is -0.494 e. The summed E-state index contributed by atoms with van der Waals surface area (Å²) in [5.41, 5.74) is 2.24. The van der Waals surface area contributed by atoms with Crippen molar-refractivity contribution in [3.63, 3.8) is 0 Å². The van der Waals surface area contributed by atoms with Crippen molar-refractivity contribution in [3.8, 4) is 5.75 Å². The Balaban J connectivity index is 1.93. The van der Waals surface area contributed by atoms with Crippen molar-refractivity contribution in [3.05, 3.63) is 64.7 Å². The van der Waals surface area contributed by atoms with Crippen LogP contribution in [0.15, 0.2) is 48.5 Å². The van der Waals surface area contributed by atoms with Gasteiger partial charge in [0.2, 0.25) is 0 Å². The van der Waals surface area contributed by atoms with E-state index in [0.717, 1.165) is 36.3 Å².